The fourth-order valence-electron chi connectivity index (χ4n) is 0.785. The highest BCUT2D eigenvalue weighted by molar-refractivity contribution is 4.61. The van der Waals surface area contributed by atoms with Gasteiger partial charge in [-0.2, -0.15) is 5.06 Å². The Hall–Kier alpha value is -0.160. The molecule has 0 aromatic rings. The predicted octanol–water partition coefficient (Wildman–Crippen LogP) is 0.493. The van der Waals surface area contributed by atoms with Gasteiger partial charge in [-0.1, -0.05) is 0 Å². The first-order valence-electron chi connectivity index (χ1n) is 4.18. The van der Waals surface area contributed by atoms with Crippen molar-refractivity contribution in [1.82, 2.24) is 14.9 Å². The van der Waals surface area contributed by atoms with Crippen molar-refractivity contribution < 1.29 is 5.21 Å². The third-order valence-electron chi connectivity index (χ3n) is 2.26. The molecular weight excluding hydrogens is 154 g/mol. The molecule has 0 saturated carbocycles. The Morgan fingerprint density at radius 3 is 1.25 bits per heavy atom. The van der Waals surface area contributed by atoms with Crippen molar-refractivity contribution >= 4 is 0 Å². The van der Waals surface area contributed by atoms with Gasteiger partial charge in [-0.3, -0.25) is 9.80 Å². The van der Waals surface area contributed by atoms with Crippen molar-refractivity contribution in [2.45, 2.75) is 26.2 Å². The molecule has 74 valence electrons. The Labute approximate surface area is 75.3 Å². The highest BCUT2D eigenvalue weighted by atomic mass is 16.5. The highest BCUT2D eigenvalue weighted by Crippen LogP contribution is 2.05. The van der Waals surface area contributed by atoms with Crippen LogP contribution in [0.3, 0.4) is 0 Å². The molecule has 2 atom stereocenters. The van der Waals surface area contributed by atoms with E-state index in [9.17, 15) is 5.21 Å². The molecule has 0 saturated heterocycles. The molecule has 0 amide bonds. The maximum Gasteiger partial charge on any atom is 0.0850 e. The van der Waals surface area contributed by atoms with E-state index in [1.54, 1.807) is 0 Å². The maximum atomic E-state index is 9.68. The van der Waals surface area contributed by atoms with Gasteiger partial charge >= 0.3 is 0 Å². The van der Waals surface area contributed by atoms with E-state index in [4.69, 9.17) is 0 Å². The van der Waals surface area contributed by atoms with Gasteiger partial charge in [0.15, 0.2) is 0 Å². The van der Waals surface area contributed by atoms with Crippen LogP contribution in [0.2, 0.25) is 0 Å². The number of nitrogens with zero attached hydrogens (tertiary/aromatic N) is 3. The van der Waals surface area contributed by atoms with E-state index in [1.165, 1.54) is 5.06 Å². The first kappa shape index (κ1) is 11.8. The van der Waals surface area contributed by atoms with E-state index >= 15 is 0 Å². The smallest absolute Gasteiger partial charge is 0.0850 e. The molecule has 0 aliphatic carbocycles. The molecule has 0 aromatic heterocycles. The Balaban J connectivity index is 4.08. The summed E-state index contributed by atoms with van der Waals surface area (Å²) in [4.78, 5) is 3.92. The van der Waals surface area contributed by atoms with E-state index in [1.807, 2.05) is 51.8 Å². The SMILES string of the molecule is CC(N(C)C)N(O)C(C)N(C)C. The summed E-state index contributed by atoms with van der Waals surface area (Å²) in [6.45, 7) is 3.92. The molecule has 0 aliphatic heterocycles. The van der Waals surface area contributed by atoms with Gasteiger partial charge in [0, 0.05) is 0 Å². The quantitative estimate of drug-likeness (QED) is 0.497. The summed E-state index contributed by atoms with van der Waals surface area (Å²) in [6, 6.07) is 0. The van der Waals surface area contributed by atoms with Gasteiger partial charge in [0.25, 0.3) is 0 Å². The van der Waals surface area contributed by atoms with Gasteiger partial charge < -0.3 is 5.21 Å². The second kappa shape index (κ2) is 4.77. The molecule has 1 N–H and O–H groups in total. The van der Waals surface area contributed by atoms with Gasteiger partial charge in [-0.25, -0.2) is 0 Å². The number of hydroxylamine groups is 2. The molecule has 0 aliphatic rings. The van der Waals surface area contributed by atoms with Crippen LogP contribution in [0.25, 0.3) is 0 Å². The topological polar surface area (TPSA) is 30.0 Å². The molecule has 12 heavy (non-hydrogen) atoms. The summed E-state index contributed by atoms with van der Waals surface area (Å²) in [7, 11) is 7.76. The van der Waals surface area contributed by atoms with Crippen LogP contribution in [0.4, 0.5) is 0 Å². The van der Waals surface area contributed by atoms with E-state index in [2.05, 4.69) is 0 Å². The van der Waals surface area contributed by atoms with Crippen molar-refractivity contribution in [1.29, 1.82) is 0 Å². The van der Waals surface area contributed by atoms with Gasteiger partial charge in [-0.15, -0.1) is 0 Å². The van der Waals surface area contributed by atoms with Crippen molar-refractivity contribution in [3.05, 3.63) is 0 Å². The molecule has 2 unspecified atom stereocenters. The van der Waals surface area contributed by atoms with Crippen molar-refractivity contribution in [2.75, 3.05) is 28.2 Å². The molecule has 0 spiro atoms. The highest BCUT2D eigenvalue weighted by Gasteiger charge is 2.20. The maximum absolute atomic E-state index is 9.68. The molecule has 4 heteroatoms. The number of hydrogen-bond acceptors (Lipinski definition) is 4. The first-order valence-corrected chi connectivity index (χ1v) is 4.18. The van der Waals surface area contributed by atoms with Gasteiger partial charge in [-0.05, 0) is 42.0 Å². The molecule has 0 heterocycles. The first-order chi connectivity index (χ1) is 5.37. The van der Waals surface area contributed by atoms with Crippen LogP contribution in [0.15, 0.2) is 0 Å². The second-order valence-electron chi connectivity index (χ2n) is 3.57. The molecule has 0 radical (unpaired) electrons. The third kappa shape index (κ3) is 3.06. The van der Waals surface area contributed by atoms with Crippen LogP contribution in [0, 0.1) is 0 Å². The fraction of sp³-hybridized carbons (Fsp3) is 1.00. The Morgan fingerprint density at radius 1 is 0.833 bits per heavy atom. The lowest BCUT2D eigenvalue weighted by atomic mass is 10.4. The Morgan fingerprint density at radius 2 is 1.08 bits per heavy atom. The number of hydrogen-bond donors (Lipinski definition) is 1. The van der Waals surface area contributed by atoms with E-state index in [0.29, 0.717) is 0 Å². The minimum atomic E-state index is 0.0300. The van der Waals surface area contributed by atoms with Crippen molar-refractivity contribution in [3.63, 3.8) is 0 Å². The lowest BCUT2D eigenvalue weighted by Crippen LogP contribution is -2.50. The molecule has 0 fully saturated rings. The van der Waals surface area contributed by atoms with Gasteiger partial charge in [0.05, 0.1) is 12.3 Å². The van der Waals surface area contributed by atoms with E-state index in [0.717, 1.165) is 0 Å². The minimum Gasteiger partial charge on any atom is -0.311 e. The summed E-state index contributed by atoms with van der Waals surface area (Å²) in [5.74, 6) is 0. The van der Waals surface area contributed by atoms with Crippen LogP contribution in [0.1, 0.15) is 13.8 Å². The number of rotatable bonds is 4. The molecular formula is C8H21N3O. The normalized spacial score (nSPS) is 17.5. The lowest BCUT2D eigenvalue weighted by molar-refractivity contribution is -0.210. The van der Waals surface area contributed by atoms with Crippen LogP contribution in [-0.4, -0.2) is 60.6 Å². The largest absolute Gasteiger partial charge is 0.311 e. The molecule has 0 aromatic carbocycles. The van der Waals surface area contributed by atoms with E-state index in [-0.39, 0.29) is 12.3 Å². The van der Waals surface area contributed by atoms with Gasteiger partial charge in [0.1, 0.15) is 0 Å². The van der Waals surface area contributed by atoms with Crippen LogP contribution in [-0.2, 0) is 0 Å². The Kier molecular flexibility index (Phi) is 4.70. The summed E-state index contributed by atoms with van der Waals surface area (Å²) in [5.41, 5.74) is 0. The molecule has 4 nitrogen and oxygen atoms in total. The molecule has 0 rings (SSSR count). The monoisotopic (exact) mass is 175 g/mol. The average Bonchev–Trinajstić information content (AvgIpc) is 2.00. The van der Waals surface area contributed by atoms with Crippen LogP contribution < -0.4 is 0 Å². The molecule has 0 bridgehead atoms. The van der Waals surface area contributed by atoms with Gasteiger partial charge in [0.2, 0.25) is 0 Å². The summed E-state index contributed by atoms with van der Waals surface area (Å²) >= 11 is 0. The zero-order valence-electron chi connectivity index (χ0n) is 8.94. The second-order valence-corrected chi connectivity index (χ2v) is 3.57. The standard InChI is InChI=1S/C8H21N3O/c1-7(9(3)4)11(12)8(2)10(5)6/h7-8,12H,1-6H3. The summed E-state index contributed by atoms with van der Waals surface area (Å²) in [6.07, 6.45) is 0.0600. The lowest BCUT2D eigenvalue weighted by Gasteiger charge is -2.35. The van der Waals surface area contributed by atoms with Crippen molar-refractivity contribution in [2.24, 2.45) is 0 Å². The fourth-order valence-corrected chi connectivity index (χ4v) is 0.785. The van der Waals surface area contributed by atoms with Crippen molar-refractivity contribution in [3.8, 4) is 0 Å². The van der Waals surface area contributed by atoms with E-state index < -0.39 is 0 Å². The Bertz CT molecular complexity index is 113. The third-order valence-corrected chi connectivity index (χ3v) is 2.26. The van der Waals surface area contributed by atoms with Crippen LogP contribution in [0.5, 0.6) is 0 Å². The summed E-state index contributed by atoms with van der Waals surface area (Å²) < 4.78 is 0. The van der Waals surface area contributed by atoms with Crippen LogP contribution >= 0.6 is 0 Å². The predicted molar refractivity (Wildman–Crippen MR) is 49.9 cm³/mol. The zero-order chi connectivity index (χ0) is 9.89. The minimum absolute atomic E-state index is 0.0300. The zero-order valence-corrected chi connectivity index (χ0v) is 8.94. The summed E-state index contributed by atoms with van der Waals surface area (Å²) in [5, 5.41) is 11.0. The average molecular weight is 175 g/mol.